The van der Waals surface area contributed by atoms with E-state index in [1.807, 2.05) is 60.7 Å². The van der Waals surface area contributed by atoms with Crippen molar-refractivity contribution in [3.05, 3.63) is 113 Å². The molecule has 6 aromatic rings. The fraction of sp³-hybridized carbons (Fsp3) is 0.286. The van der Waals surface area contributed by atoms with E-state index in [4.69, 9.17) is 31.4 Å². The second kappa shape index (κ2) is 18.7. The summed E-state index contributed by atoms with van der Waals surface area (Å²) in [6, 6.07) is 30.2. The third kappa shape index (κ3) is 9.41. The highest BCUT2D eigenvalue weighted by atomic mass is 35.5. The summed E-state index contributed by atoms with van der Waals surface area (Å²) >= 11 is 6.21. The Bertz CT molecular complexity index is 2240. The van der Waals surface area contributed by atoms with Crippen LogP contribution in [0.15, 0.2) is 97.1 Å². The van der Waals surface area contributed by atoms with E-state index in [0.717, 1.165) is 55.0 Å². The smallest absolute Gasteiger partial charge is 0.337 e. The lowest BCUT2D eigenvalue weighted by molar-refractivity contribution is 0.0592. The quantitative estimate of drug-likeness (QED) is 0.152. The van der Waals surface area contributed by atoms with Gasteiger partial charge in [-0.2, -0.15) is 0 Å². The monoisotopic (exact) mass is 762 g/mol. The van der Waals surface area contributed by atoms with Gasteiger partial charge in [-0.3, -0.25) is 0 Å². The second-order valence-electron chi connectivity index (χ2n) is 13.0. The molecule has 4 heterocycles. The number of benzene rings is 4. The molecule has 2 atom stereocenters. The van der Waals surface area contributed by atoms with Gasteiger partial charge < -0.3 is 29.9 Å². The molecule has 2 saturated heterocycles. The first-order valence-electron chi connectivity index (χ1n) is 18.1. The van der Waals surface area contributed by atoms with Crippen LogP contribution in [-0.2, 0) is 9.47 Å². The largest absolute Gasteiger partial charge is 0.465 e. The molecule has 4 aromatic carbocycles. The van der Waals surface area contributed by atoms with Gasteiger partial charge in [0.05, 0.1) is 66.7 Å². The van der Waals surface area contributed by atoms with E-state index in [-0.39, 0.29) is 12.6 Å². The van der Waals surface area contributed by atoms with Crippen molar-refractivity contribution < 1.29 is 29.3 Å². The fourth-order valence-electron chi connectivity index (χ4n) is 6.55. The molecular weight excluding hydrogens is 720 g/mol. The lowest BCUT2D eigenvalue weighted by Crippen LogP contribution is -2.33. The van der Waals surface area contributed by atoms with E-state index in [1.54, 1.807) is 36.4 Å². The SMILES string of the molecule is COC(=O)c1ccc2nc(-c3ccccc3)c(Cl)nc2c1.COC(=O)c1ccc2nc(-c3ccccc3)c(N3CCC[C@@H]3CO)nc2c1.OC[C@H]1CCCN1. The molecule has 55 heavy (non-hydrogen) atoms. The van der Waals surface area contributed by atoms with Crippen LogP contribution in [0.2, 0.25) is 5.15 Å². The van der Waals surface area contributed by atoms with Gasteiger partial charge >= 0.3 is 11.9 Å². The van der Waals surface area contributed by atoms with Crippen LogP contribution in [0.25, 0.3) is 44.6 Å². The molecule has 2 aliphatic heterocycles. The zero-order chi connectivity index (χ0) is 38.7. The number of carbonyl (C=O) groups is 2. The maximum Gasteiger partial charge on any atom is 0.337 e. The predicted octanol–water partition coefficient (Wildman–Crippen LogP) is 6.51. The first-order valence-corrected chi connectivity index (χ1v) is 18.5. The molecule has 12 nitrogen and oxygen atoms in total. The van der Waals surface area contributed by atoms with Crippen molar-refractivity contribution in [3.8, 4) is 22.5 Å². The van der Waals surface area contributed by atoms with Gasteiger partial charge in [-0.25, -0.2) is 29.5 Å². The van der Waals surface area contributed by atoms with Crippen LogP contribution < -0.4 is 10.2 Å². The molecule has 0 unspecified atom stereocenters. The predicted molar refractivity (Wildman–Crippen MR) is 213 cm³/mol. The molecule has 8 rings (SSSR count). The van der Waals surface area contributed by atoms with Crippen LogP contribution in [0.3, 0.4) is 0 Å². The van der Waals surface area contributed by atoms with Crippen molar-refractivity contribution in [3.63, 3.8) is 0 Å². The summed E-state index contributed by atoms with van der Waals surface area (Å²) in [4.78, 5) is 44.1. The number of hydrogen-bond acceptors (Lipinski definition) is 12. The number of hydrogen-bond donors (Lipinski definition) is 3. The van der Waals surface area contributed by atoms with Gasteiger partial charge in [-0.05, 0) is 68.6 Å². The van der Waals surface area contributed by atoms with Gasteiger partial charge in [0, 0.05) is 23.7 Å². The molecule has 284 valence electrons. The van der Waals surface area contributed by atoms with E-state index in [9.17, 15) is 14.7 Å². The van der Waals surface area contributed by atoms with Gasteiger partial charge in [0.2, 0.25) is 0 Å². The van der Waals surface area contributed by atoms with Crippen molar-refractivity contribution in [1.82, 2.24) is 25.3 Å². The van der Waals surface area contributed by atoms with Crippen molar-refractivity contribution >= 4 is 51.4 Å². The summed E-state index contributed by atoms with van der Waals surface area (Å²) in [5.41, 5.74) is 6.72. The van der Waals surface area contributed by atoms with Gasteiger partial charge in [0.1, 0.15) is 11.4 Å². The number of ether oxygens (including phenoxy) is 2. The minimum absolute atomic E-state index is 0.0306. The Morgan fingerprint density at radius 1 is 0.709 bits per heavy atom. The maximum absolute atomic E-state index is 11.9. The topological polar surface area (TPSA) is 160 Å². The lowest BCUT2D eigenvalue weighted by Gasteiger charge is -2.26. The maximum atomic E-state index is 11.9. The molecule has 0 aliphatic carbocycles. The summed E-state index contributed by atoms with van der Waals surface area (Å²) < 4.78 is 9.50. The average molecular weight is 763 g/mol. The normalized spacial score (nSPS) is 16.2. The van der Waals surface area contributed by atoms with Crippen molar-refractivity contribution in [1.29, 1.82) is 0 Å². The Morgan fingerprint density at radius 2 is 1.27 bits per heavy atom. The van der Waals surface area contributed by atoms with Gasteiger partial charge in [0.15, 0.2) is 11.0 Å². The molecule has 0 bridgehead atoms. The summed E-state index contributed by atoms with van der Waals surface area (Å²) in [7, 11) is 2.70. The number of nitrogens with one attached hydrogen (secondary N) is 1. The zero-order valence-electron chi connectivity index (χ0n) is 30.7. The van der Waals surface area contributed by atoms with Crippen molar-refractivity contribution in [2.45, 2.75) is 37.8 Å². The van der Waals surface area contributed by atoms with Gasteiger partial charge in [-0.1, -0.05) is 72.3 Å². The molecule has 13 heteroatoms. The lowest BCUT2D eigenvalue weighted by atomic mass is 10.1. The minimum atomic E-state index is -0.415. The number of esters is 2. The summed E-state index contributed by atoms with van der Waals surface area (Å²) in [6.07, 6.45) is 4.30. The van der Waals surface area contributed by atoms with Crippen LogP contribution in [0.5, 0.6) is 0 Å². The molecule has 3 N–H and O–H groups in total. The van der Waals surface area contributed by atoms with E-state index in [2.05, 4.69) is 24.9 Å². The van der Waals surface area contributed by atoms with E-state index in [1.165, 1.54) is 20.6 Å². The van der Waals surface area contributed by atoms with E-state index in [0.29, 0.717) is 56.7 Å². The number of carbonyl (C=O) groups excluding carboxylic acids is 2. The molecule has 2 fully saturated rings. The highest BCUT2D eigenvalue weighted by molar-refractivity contribution is 6.32. The molecule has 0 saturated carbocycles. The van der Waals surface area contributed by atoms with E-state index < -0.39 is 11.9 Å². The average Bonchev–Trinajstić information content (AvgIpc) is 3.96. The Morgan fingerprint density at radius 3 is 1.78 bits per heavy atom. The van der Waals surface area contributed by atoms with Crippen LogP contribution >= 0.6 is 11.6 Å². The summed E-state index contributed by atoms with van der Waals surface area (Å²) in [5.74, 6) is -0.0731. The number of rotatable bonds is 7. The fourth-order valence-corrected chi connectivity index (χ4v) is 6.80. The number of aromatic nitrogens is 4. The molecule has 2 aliphatic rings. The number of anilines is 1. The second-order valence-corrected chi connectivity index (χ2v) is 13.4. The Balaban J connectivity index is 0.000000162. The molecule has 0 spiro atoms. The molecule has 0 amide bonds. The minimum Gasteiger partial charge on any atom is -0.465 e. The third-order valence-corrected chi connectivity index (χ3v) is 9.71. The van der Waals surface area contributed by atoms with Crippen LogP contribution in [0.1, 0.15) is 46.4 Å². The van der Waals surface area contributed by atoms with Crippen molar-refractivity contribution in [2.24, 2.45) is 0 Å². The number of aliphatic hydroxyl groups is 2. The Hall–Kier alpha value is -5.53. The van der Waals surface area contributed by atoms with Gasteiger partial charge in [0.25, 0.3) is 0 Å². The molecular formula is C42H43ClN6O6. The number of aliphatic hydroxyl groups excluding tert-OH is 2. The van der Waals surface area contributed by atoms with Crippen molar-refractivity contribution in [2.75, 3.05) is 45.4 Å². The number of halogens is 1. The first kappa shape index (κ1) is 39.2. The molecule has 2 aromatic heterocycles. The van der Waals surface area contributed by atoms with E-state index >= 15 is 0 Å². The summed E-state index contributed by atoms with van der Waals surface area (Å²) in [6.45, 7) is 2.29. The van der Waals surface area contributed by atoms with Gasteiger partial charge in [-0.15, -0.1) is 0 Å². The Kier molecular flexibility index (Phi) is 13.3. The van der Waals surface area contributed by atoms with Crippen LogP contribution in [0, 0.1) is 0 Å². The number of methoxy groups -OCH3 is 2. The summed E-state index contributed by atoms with van der Waals surface area (Å²) in [5, 5.41) is 21.7. The molecule has 0 radical (unpaired) electrons. The highest BCUT2D eigenvalue weighted by Crippen LogP contribution is 2.34. The first-order chi connectivity index (χ1) is 26.8. The number of fused-ring (bicyclic) bond motifs is 2. The Labute approximate surface area is 324 Å². The highest BCUT2D eigenvalue weighted by Gasteiger charge is 2.28. The standard InChI is InChI=1S/C21H21N3O3.C16H11ClN2O2.C5H11NO/c1-27-21(26)15-9-10-17-18(12-15)23-20(24-11-5-8-16(24)13-25)19(22-17)14-6-3-2-4-7-14;1-21-16(20)11-7-8-12-13(9-11)19-15(17)14(18-12)10-5-3-2-4-6-10;7-4-5-2-1-3-6-5/h2-4,6-7,9-10,12,16,25H,5,8,11,13H2,1H3;2-9H,1H3;5-7H,1-4H2/t16-;;5-/m1.1/s1. The third-order valence-electron chi connectivity index (χ3n) is 9.45. The van der Waals surface area contributed by atoms with Crippen LogP contribution in [-0.4, -0.2) is 94.7 Å². The van der Waals surface area contributed by atoms with Crippen LogP contribution in [0.4, 0.5) is 5.82 Å². The zero-order valence-corrected chi connectivity index (χ0v) is 31.4. The number of nitrogens with zero attached hydrogens (tertiary/aromatic N) is 5.